The molecule has 1 fully saturated rings. The topological polar surface area (TPSA) is 28.2 Å². The summed E-state index contributed by atoms with van der Waals surface area (Å²) in [5.74, 6) is 0. The van der Waals surface area contributed by atoms with Gasteiger partial charge in [0, 0.05) is 25.3 Å². The second-order valence-corrected chi connectivity index (χ2v) is 5.61. The predicted octanol–water partition coefficient (Wildman–Crippen LogP) is 2.93. The van der Waals surface area contributed by atoms with Crippen LogP contribution in [0.1, 0.15) is 24.1 Å². The van der Waals surface area contributed by atoms with Crippen molar-refractivity contribution in [2.45, 2.75) is 25.9 Å². The highest BCUT2D eigenvalue weighted by Crippen LogP contribution is 2.29. The lowest BCUT2D eigenvalue weighted by atomic mass is 10.0. The van der Waals surface area contributed by atoms with Crippen LogP contribution < -0.4 is 10.2 Å². The van der Waals surface area contributed by atoms with Gasteiger partial charge in [-0.15, -0.1) is 0 Å². The summed E-state index contributed by atoms with van der Waals surface area (Å²) in [6.07, 6.45) is 3.88. The van der Waals surface area contributed by atoms with Crippen LogP contribution >= 0.6 is 0 Å². The van der Waals surface area contributed by atoms with Gasteiger partial charge in [0.25, 0.3) is 0 Å². The highest BCUT2D eigenvalue weighted by molar-refractivity contribution is 5.49. The first-order valence-electron chi connectivity index (χ1n) is 7.20. The van der Waals surface area contributed by atoms with Gasteiger partial charge in [-0.2, -0.15) is 0 Å². The van der Waals surface area contributed by atoms with Gasteiger partial charge in [0.2, 0.25) is 0 Å². The van der Waals surface area contributed by atoms with Crippen LogP contribution in [0.3, 0.4) is 0 Å². The normalized spacial score (nSPS) is 22.8. The van der Waals surface area contributed by atoms with Gasteiger partial charge in [0.05, 0.1) is 17.9 Å². The van der Waals surface area contributed by atoms with E-state index in [0.29, 0.717) is 12.1 Å². The van der Waals surface area contributed by atoms with E-state index in [1.165, 1.54) is 16.8 Å². The Kier molecular flexibility index (Phi) is 3.70. The zero-order valence-corrected chi connectivity index (χ0v) is 12.1. The van der Waals surface area contributed by atoms with Crippen molar-refractivity contribution >= 4 is 5.69 Å². The van der Waals surface area contributed by atoms with Crippen molar-refractivity contribution in [3.8, 4) is 0 Å². The van der Waals surface area contributed by atoms with Gasteiger partial charge >= 0.3 is 0 Å². The van der Waals surface area contributed by atoms with E-state index < -0.39 is 0 Å². The molecule has 0 aliphatic carbocycles. The van der Waals surface area contributed by atoms with Crippen molar-refractivity contribution in [1.29, 1.82) is 0 Å². The molecule has 3 heteroatoms. The Morgan fingerprint density at radius 2 is 2.00 bits per heavy atom. The molecule has 2 unspecified atom stereocenters. The minimum atomic E-state index is 0.371. The number of rotatable bonds is 2. The fourth-order valence-corrected chi connectivity index (χ4v) is 2.86. The maximum Gasteiger partial charge on any atom is 0.0668 e. The molecule has 1 saturated heterocycles. The second kappa shape index (κ2) is 5.63. The van der Waals surface area contributed by atoms with Crippen LogP contribution in [0.5, 0.6) is 0 Å². The van der Waals surface area contributed by atoms with Crippen LogP contribution in [0.15, 0.2) is 48.8 Å². The van der Waals surface area contributed by atoms with Crippen LogP contribution in [0.2, 0.25) is 0 Å². The first-order chi connectivity index (χ1) is 9.74. The third kappa shape index (κ3) is 2.68. The number of anilines is 1. The van der Waals surface area contributed by atoms with Gasteiger partial charge in [0.15, 0.2) is 0 Å². The van der Waals surface area contributed by atoms with Crippen molar-refractivity contribution in [1.82, 2.24) is 10.3 Å². The number of aromatic nitrogens is 1. The molecule has 1 aliphatic heterocycles. The highest BCUT2D eigenvalue weighted by atomic mass is 15.2. The van der Waals surface area contributed by atoms with E-state index in [1.54, 1.807) is 0 Å². The van der Waals surface area contributed by atoms with Crippen molar-refractivity contribution in [3.63, 3.8) is 0 Å². The lowest BCUT2D eigenvalue weighted by Crippen LogP contribution is -2.51. The van der Waals surface area contributed by atoms with E-state index in [9.17, 15) is 0 Å². The molecule has 2 aromatic rings. The Labute approximate surface area is 120 Å². The number of benzene rings is 1. The lowest BCUT2D eigenvalue weighted by molar-refractivity contribution is 0.416. The summed E-state index contributed by atoms with van der Waals surface area (Å²) >= 11 is 0. The zero-order chi connectivity index (χ0) is 13.9. The average molecular weight is 267 g/mol. The minimum absolute atomic E-state index is 0.371. The maximum absolute atomic E-state index is 4.35. The summed E-state index contributed by atoms with van der Waals surface area (Å²) in [6, 6.07) is 13.8. The fourth-order valence-electron chi connectivity index (χ4n) is 2.86. The molecule has 0 bridgehead atoms. The quantitative estimate of drug-likeness (QED) is 0.907. The molecule has 1 aromatic carbocycles. The summed E-state index contributed by atoms with van der Waals surface area (Å²) in [4.78, 5) is 6.82. The average Bonchev–Trinajstić information content (AvgIpc) is 2.48. The lowest BCUT2D eigenvalue weighted by Gasteiger charge is -2.41. The molecular formula is C17H21N3. The summed E-state index contributed by atoms with van der Waals surface area (Å²) in [6.45, 7) is 6.31. The molecule has 0 amide bonds. The smallest absolute Gasteiger partial charge is 0.0668 e. The van der Waals surface area contributed by atoms with E-state index in [4.69, 9.17) is 0 Å². The number of aryl methyl sites for hydroxylation is 1. The molecule has 1 aromatic heterocycles. The van der Waals surface area contributed by atoms with Gasteiger partial charge in [-0.1, -0.05) is 30.3 Å². The predicted molar refractivity (Wildman–Crippen MR) is 83.0 cm³/mol. The van der Waals surface area contributed by atoms with Gasteiger partial charge in [-0.3, -0.25) is 4.98 Å². The number of nitrogens with zero attached hydrogens (tertiary/aromatic N) is 2. The molecule has 0 spiro atoms. The molecule has 0 saturated carbocycles. The van der Waals surface area contributed by atoms with Crippen LogP contribution in [0.25, 0.3) is 0 Å². The van der Waals surface area contributed by atoms with E-state index in [-0.39, 0.29) is 0 Å². The molecule has 1 N–H and O–H groups in total. The van der Waals surface area contributed by atoms with E-state index in [0.717, 1.165) is 13.1 Å². The highest BCUT2D eigenvalue weighted by Gasteiger charge is 2.27. The molecule has 20 heavy (non-hydrogen) atoms. The number of hydrogen-bond acceptors (Lipinski definition) is 3. The summed E-state index contributed by atoms with van der Waals surface area (Å²) in [5.41, 5.74) is 3.78. The van der Waals surface area contributed by atoms with Crippen molar-refractivity contribution < 1.29 is 0 Å². The van der Waals surface area contributed by atoms with E-state index >= 15 is 0 Å². The van der Waals surface area contributed by atoms with Crippen molar-refractivity contribution in [3.05, 3.63) is 59.9 Å². The first-order valence-corrected chi connectivity index (χ1v) is 7.20. The number of nitrogens with one attached hydrogen (secondary N) is 1. The Morgan fingerprint density at radius 1 is 1.20 bits per heavy atom. The summed E-state index contributed by atoms with van der Waals surface area (Å²) in [7, 11) is 0. The van der Waals surface area contributed by atoms with E-state index in [2.05, 4.69) is 65.4 Å². The van der Waals surface area contributed by atoms with Crippen LogP contribution in [-0.2, 0) is 0 Å². The SMILES string of the molecule is Cc1cncc(N2CC(C)NCC2c2ccccc2)c1. The Balaban J connectivity index is 1.95. The van der Waals surface area contributed by atoms with Gasteiger partial charge in [-0.25, -0.2) is 0 Å². The van der Waals surface area contributed by atoms with Gasteiger partial charge in [0.1, 0.15) is 0 Å². The van der Waals surface area contributed by atoms with E-state index in [1.807, 2.05) is 12.4 Å². The van der Waals surface area contributed by atoms with Crippen molar-refractivity contribution in [2.75, 3.05) is 18.0 Å². The summed E-state index contributed by atoms with van der Waals surface area (Å²) < 4.78 is 0. The molecule has 104 valence electrons. The standard InChI is InChI=1S/C17H21N3/c1-13-8-16(10-18-9-13)20-12-14(2)19-11-17(20)15-6-4-3-5-7-15/h3-10,14,17,19H,11-12H2,1-2H3. The third-order valence-corrected chi connectivity index (χ3v) is 3.88. The summed E-state index contributed by atoms with van der Waals surface area (Å²) in [5, 5.41) is 3.58. The monoisotopic (exact) mass is 267 g/mol. The fraction of sp³-hybridized carbons (Fsp3) is 0.353. The number of piperazine rings is 1. The van der Waals surface area contributed by atoms with Crippen LogP contribution in [-0.4, -0.2) is 24.1 Å². The molecule has 3 rings (SSSR count). The van der Waals surface area contributed by atoms with Crippen LogP contribution in [0, 0.1) is 6.92 Å². The zero-order valence-electron chi connectivity index (χ0n) is 12.1. The number of hydrogen-bond donors (Lipinski definition) is 1. The van der Waals surface area contributed by atoms with Crippen molar-refractivity contribution in [2.24, 2.45) is 0 Å². The maximum atomic E-state index is 4.35. The number of pyridine rings is 1. The minimum Gasteiger partial charge on any atom is -0.360 e. The molecular weight excluding hydrogens is 246 g/mol. The molecule has 3 nitrogen and oxygen atoms in total. The molecule has 2 heterocycles. The first kappa shape index (κ1) is 13.1. The second-order valence-electron chi connectivity index (χ2n) is 5.61. The van der Waals surface area contributed by atoms with Gasteiger partial charge < -0.3 is 10.2 Å². The largest absolute Gasteiger partial charge is 0.360 e. The Morgan fingerprint density at radius 3 is 2.75 bits per heavy atom. The van der Waals surface area contributed by atoms with Crippen LogP contribution in [0.4, 0.5) is 5.69 Å². The molecule has 1 aliphatic rings. The Hall–Kier alpha value is -1.87. The van der Waals surface area contributed by atoms with Gasteiger partial charge in [-0.05, 0) is 31.0 Å². The third-order valence-electron chi connectivity index (χ3n) is 3.88. The molecule has 0 radical (unpaired) electrons. The molecule has 2 atom stereocenters. The Bertz CT molecular complexity index is 567.